The molecule has 0 unspecified atom stereocenters. The summed E-state index contributed by atoms with van der Waals surface area (Å²) >= 11 is 0. The van der Waals surface area contributed by atoms with Crippen LogP contribution in [0.25, 0.3) is 0 Å². The van der Waals surface area contributed by atoms with Gasteiger partial charge in [-0.1, -0.05) is 6.42 Å². The largest absolute Gasteiger partial charge is 0.366 e. The molecule has 0 radical (unpaired) electrons. The molecule has 130 valence electrons. The Hall–Kier alpha value is -2.41. The highest BCUT2D eigenvalue weighted by atomic mass is 16.2. The van der Waals surface area contributed by atoms with Crippen LogP contribution in [-0.4, -0.2) is 55.3 Å². The van der Waals surface area contributed by atoms with Gasteiger partial charge in [0.25, 0.3) is 5.91 Å². The van der Waals surface area contributed by atoms with Crippen LogP contribution in [0.3, 0.4) is 0 Å². The molecular formula is C17H24N4O3. The second kappa shape index (κ2) is 9.02. The summed E-state index contributed by atoms with van der Waals surface area (Å²) < 4.78 is 0. The molecule has 0 bridgehead atoms. The zero-order chi connectivity index (χ0) is 17.4. The van der Waals surface area contributed by atoms with E-state index in [1.807, 2.05) is 0 Å². The van der Waals surface area contributed by atoms with E-state index in [1.165, 1.54) is 43.5 Å². The fraction of sp³-hybridized carbons (Fsp3) is 0.471. The Balaban J connectivity index is 1.66. The van der Waals surface area contributed by atoms with Crippen LogP contribution < -0.4 is 16.4 Å². The van der Waals surface area contributed by atoms with Crippen molar-refractivity contribution in [2.45, 2.75) is 19.3 Å². The molecule has 3 amide bonds. The van der Waals surface area contributed by atoms with Gasteiger partial charge in [0.1, 0.15) is 0 Å². The Morgan fingerprint density at radius 1 is 0.958 bits per heavy atom. The first kappa shape index (κ1) is 17.9. The summed E-state index contributed by atoms with van der Waals surface area (Å²) in [5, 5.41) is 5.36. The summed E-state index contributed by atoms with van der Waals surface area (Å²) in [6.07, 6.45) is 3.73. The zero-order valence-corrected chi connectivity index (χ0v) is 13.7. The maximum Gasteiger partial charge on any atom is 0.251 e. The molecule has 2 rings (SSSR count). The Bertz CT molecular complexity index is 580. The van der Waals surface area contributed by atoms with Crippen LogP contribution in [0.15, 0.2) is 24.3 Å². The number of carbonyl (C=O) groups excluding carboxylic acids is 3. The van der Waals surface area contributed by atoms with Crippen LogP contribution in [0.2, 0.25) is 0 Å². The van der Waals surface area contributed by atoms with Crippen LogP contribution in [0.4, 0.5) is 0 Å². The second-order valence-corrected chi connectivity index (χ2v) is 5.88. The minimum Gasteiger partial charge on any atom is -0.366 e. The van der Waals surface area contributed by atoms with E-state index in [0.29, 0.717) is 17.7 Å². The number of hydrogen-bond acceptors (Lipinski definition) is 4. The molecule has 1 saturated heterocycles. The minimum atomic E-state index is -0.546. The molecule has 24 heavy (non-hydrogen) atoms. The zero-order valence-electron chi connectivity index (χ0n) is 13.7. The molecule has 0 aromatic heterocycles. The summed E-state index contributed by atoms with van der Waals surface area (Å²) in [6.45, 7) is 3.54. The van der Waals surface area contributed by atoms with Crippen LogP contribution in [-0.2, 0) is 4.79 Å². The third kappa shape index (κ3) is 5.66. The molecular weight excluding hydrogens is 308 g/mol. The molecule has 7 heteroatoms. The number of amides is 3. The van der Waals surface area contributed by atoms with Crippen molar-refractivity contribution < 1.29 is 14.4 Å². The number of rotatable bonds is 7. The highest BCUT2D eigenvalue weighted by molar-refractivity contribution is 5.98. The van der Waals surface area contributed by atoms with E-state index in [0.717, 1.165) is 19.6 Å². The van der Waals surface area contributed by atoms with E-state index in [1.54, 1.807) is 0 Å². The van der Waals surface area contributed by atoms with E-state index < -0.39 is 5.91 Å². The van der Waals surface area contributed by atoms with Gasteiger partial charge in [0.15, 0.2) is 0 Å². The van der Waals surface area contributed by atoms with Gasteiger partial charge < -0.3 is 21.3 Å². The van der Waals surface area contributed by atoms with Gasteiger partial charge in [-0.15, -0.1) is 0 Å². The molecule has 0 atom stereocenters. The molecule has 1 aliphatic rings. The van der Waals surface area contributed by atoms with Crippen molar-refractivity contribution in [3.05, 3.63) is 35.4 Å². The van der Waals surface area contributed by atoms with Gasteiger partial charge in [-0.25, -0.2) is 0 Å². The van der Waals surface area contributed by atoms with Gasteiger partial charge in [-0.05, 0) is 50.2 Å². The molecule has 1 aromatic rings. The lowest BCUT2D eigenvalue weighted by atomic mass is 10.1. The smallest absolute Gasteiger partial charge is 0.251 e. The van der Waals surface area contributed by atoms with Crippen LogP contribution in [0.5, 0.6) is 0 Å². The van der Waals surface area contributed by atoms with Crippen molar-refractivity contribution in [1.29, 1.82) is 0 Å². The molecule has 4 N–H and O–H groups in total. The number of nitrogens with two attached hydrogens (primary N) is 1. The normalized spacial score (nSPS) is 14.8. The second-order valence-electron chi connectivity index (χ2n) is 5.88. The van der Waals surface area contributed by atoms with E-state index in [-0.39, 0.29) is 18.4 Å². The average Bonchev–Trinajstić information content (AvgIpc) is 2.60. The van der Waals surface area contributed by atoms with E-state index in [4.69, 9.17) is 5.73 Å². The first-order chi connectivity index (χ1) is 11.6. The van der Waals surface area contributed by atoms with Gasteiger partial charge in [-0.2, -0.15) is 0 Å². The van der Waals surface area contributed by atoms with E-state index >= 15 is 0 Å². The van der Waals surface area contributed by atoms with Crippen molar-refractivity contribution in [3.8, 4) is 0 Å². The lowest BCUT2D eigenvalue weighted by molar-refractivity contribution is -0.120. The minimum absolute atomic E-state index is 0.0730. The fourth-order valence-electron chi connectivity index (χ4n) is 2.65. The summed E-state index contributed by atoms with van der Waals surface area (Å²) in [7, 11) is 0. The Kier molecular flexibility index (Phi) is 6.74. The molecule has 1 fully saturated rings. The number of benzene rings is 1. The number of hydrogen-bond donors (Lipinski definition) is 3. The van der Waals surface area contributed by atoms with Gasteiger partial charge in [0.05, 0.1) is 6.54 Å². The Morgan fingerprint density at radius 3 is 2.21 bits per heavy atom. The average molecular weight is 332 g/mol. The van der Waals surface area contributed by atoms with Crippen LogP contribution in [0, 0.1) is 0 Å². The van der Waals surface area contributed by atoms with Crippen LogP contribution in [0.1, 0.15) is 40.0 Å². The number of carbonyl (C=O) groups is 3. The van der Waals surface area contributed by atoms with Gasteiger partial charge in [0, 0.05) is 24.2 Å². The van der Waals surface area contributed by atoms with Gasteiger partial charge in [-0.3, -0.25) is 14.4 Å². The topological polar surface area (TPSA) is 105 Å². The molecule has 7 nitrogen and oxygen atoms in total. The Morgan fingerprint density at radius 2 is 1.58 bits per heavy atom. The fourth-order valence-corrected chi connectivity index (χ4v) is 2.65. The van der Waals surface area contributed by atoms with Gasteiger partial charge >= 0.3 is 0 Å². The van der Waals surface area contributed by atoms with E-state index in [2.05, 4.69) is 15.5 Å². The van der Waals surface area contributed by atoms with Crippen molar-refractivity contribution in [2.75, 3.05) is 32.7 Å². The summed E-state index contributed by atoms with van der Waals surface area (Å²) in [6, 6.07) is 5.97. The SMILES string of the molecule is NC(=O)c1ccc(C(=O)NCC(=O)NCCN2CCCCC2)cc1. The quantitative estimate of drug-likeness (QED) is 0.659. The number of likely N-dealkylation sites (tertiary alicyclic amines) is 1. The predicted molar refractivity (Wildman–Crippen MR) is 90.6 cm³/mol. The van der Waals surface area contributed by atoms with E-state index in [9.17, 15) is 14.4 Å². The molecule has 1 aromatic carbocycles. The lowest BCUT2D eigenvalue weighted by Gasteiger charge is -2.26. The standard InChI is InChI=1S/C17H24N4O3/c18-16(23)13-4-6-14(7-5-13)17(24)20-12-15(22)19-8-11-21-9-2-1-3-10-21/h4-7H,1-3,8-12H2,(H2,18,23)(H,19,22)(H,20,24). The maximum atomic E-state index is 11.9. The van der Waals surface area contributed by atoms with Crippen molar-refractivity contribution in [3.63, 3.8) is 0 Å². The van der Waals surface area contributed by atoms with Crippen molar-refractivity contribution in [1.82, 2.24) is 15.5 Å². The number of nitrogens with one attached hydrogen (secondary N) is 2. The summed E-state index contributed by atoms with van der Waals surface area (Å²) in [5.74, 6) is -1.12. The predicted octanol–water partition coefficient (Wildman–Crippen LogP) is 0.117. The number of primary amides is 1. The lowest BCUT2D eigenvalue weighted by Crippen LogP contribution is -2.41. The number of nitrogens with zero attached hydrogens (tertiary/aromatic N) is 1. The Labute approximate surface area is 141 Å². The first-order valence-electron chi connectivity index (χ1n) is 8.23. The third-order valence-electron chi connectivity index (χ3n) is 4.04. The molecule has 0 aliphatic carbocycles. The summed E-state index contributed by atoms with van der Waals surface area (Å²) in [4.78, 5) is 37.0. The molecule has 1 aliphatic heterocycles. The maximum absolute atomic E-state index is 11.9. The van der Waals surface area contributed by atoms with Crippen molar-refractivity contribution >= 4 is 17.7 Å². The molecule has 0 spiro atoms. The first-order valence-corrected chi connectivity index (χ1v) is 8.23. The van der Waals surface area contributed by atoms with Gasteiger partial charge in [0.2, 0.25) is 11.8 Å². The monoisotopic (exact) mass is 332 g/mol. The summed E-state index contributed by atoms with van der Waals surface area (Å²) in [5.41, 5.74) is 5.85. The van der Waals surface area contributed by atoms with Crippen molar-refractivity contribution in [2.24, 2.45) is 5.73 Å². The third-order valence-corrected chi connectivity index (χ3v) is 4.04. The molecule has 0 saturated carbocycles. The van der Waals surface area contributed by atoms with Crippen LogP contribution >= 0.6 is 0 Å². The molecule has 1 heterocycles. The number of piperidine rings is 1. The highest BCUT2D eigenvalue weighted by Crippen LogP contribution is 2.07. The highest BCUT2D eigenvalue weighted by Gasteiger charge is 2.11.